The van der Waals surface area contributed by atoms with Gasteiger partial charge < -0.3 is 5.32 Å². The fourth-order valence-corrected chi connectivity index (χ4v) is 4.03. The number of hydrogen-bond acceptors (Lipinski definition) is 5. The number of rotatable bonds is 8. The largest absolute Gasteiger partial charge is 0.325 e. The Labute approximate surface area is 186 Å². The summed E-state index contributed by atoms with van der Waals surface area (Å²) in [5.41, 5.74) is 1.64. The molecule has 1 heterocycles. The molecule has 1 amide bonds. The average molecular weight is 438 g/mol. The van der Waals surface area contributed by atoms with Crippen LogP contribution in [0.3, 0.4) is 0 Å². The first-order valence-electron chi connectivity index (χ1n) is 10.3. The Kier molecular flexibility index (Phi) is 7.28. The van der Waals surface area contributed by atoms with Crippen LogP contribution in [0.4, 0.5) is 5.69 Å². The number of amides is 1. The molecule has 1 atom stereocenters. The lowest BCUT2D eigenvalue weighted by atomic mass is 10.1. The monoisotopic (exact) mass is 437 g/mol. The topological polar surface area (TPSA) is 81.1 Å². The van der Waals surface area contributed by atoms with Gasteiger partial charge in [-0.25, -0.2) is 4.98 Å². The number of anilines is 1. The van der Waals surface area contributed by atoms with Crippen LogP contribution in [0, 0.1) is 5.92 Å². The van der Waals surface area contributed by atoms with Gasteiger partial charge in [-0.3, -0.25) is 19.0 Å². The highest BCUT2D eigenvalue weighted by molar-refractivity contribution is 8.00. The van der Waals surface area contributed by atoms with E-state index in [1.165, 1.54) is 18.7 Å². The summed E-state index contributed by atoms with van der Waals surface area (Å²) in [5, 5.41) is 3.47. The number of hydrogen-bond donors (Lipinski definition) is 1. The average Bonchev–Trinajstić information content (AvgIpc) is 2.73. The summed E-state index contributed by atoms with van der Waals surface area (Å²) in [6.07, 6.45) is 0.839. The Morgan fingerprint density at radius 2 is 1.84 bits per heavy atom. The van der Waals surface area contributed by atoms with Gasteiger partial charge in [-0.15, -0.1) is 0 Å². The van der Waals surface area contributed by atoms with Crippen LogP contribution in [0.25, 0.3) is 10.9 Å². The molecule has 1 aromatic heterocycles. The first-order valence-corrected chi connectivity index (χ1v) is 11.2. The summed E-state index contributed by atoms with van der Waals surface area (Å²) < 4.78 is 1.67. The zero-order valence-corrected chi connectivity index (χ0v) is 19.0. The van der Waals surface area contributed by atoms with E-state index in [1.807, 2.05) is 18.2 Å². The highest BCUT2D eigenvalue weighted by Gasteiger charge is 2.20. The van der Waals surface area contributed by atoms with E-state index in [9.17, 15) is 14.4 Å². The molecular formula is C24H27N3O3S. The molecule has 7 heteroatoms. The van der Waals surface area contributed by atoms with Crippen LogP contribution in [0.15, 0.2) is 58.5 Å². The predicted octanol–water partition coefficient (Wildman–Crippen LogP) is 4.76. The minimum Gasteiger partial charge on any atom is -0.325 e. The van der Waals surface area contributed by atoms with Crippen LogP contribution >= 0.6 is 11.8 Å². The van der Waals surface area contributed by atoms with Crippen molar-refractivity contribution in [2.24, 2.45) is 5.92 Å². The van der Waals surface area contributed by atoms with Gasteiger partial charge in [0, 0.05) is 17.8 Å². The number of carbonyl (C=O) groups is 2. The molecule has 31 heavy (non-hydrogen) atoms. The molecule has 0 bridgehead atoms. The number of benzene rings is 2. The first-order chi connectivity index (χ1) is 14.8. The van der Waals surface area contributed by atoms with Gasteiger partial charge >= 0.3 is 0 Å². The minimum atomic E-state index is -0.487. The van der Waals surface area contributed by atoms with Crippen molar-refractivity contribution in [2.45, 2.75) is 51.1 Å². The number of Topliss-reactive ketones (excluding diaryl/α,β-unsaturated/α-hetero) is 1. The van der Waals surface area contributed by atoms with Crippen LogP contribution in [-0.2, 0) is 11.3 Å². The van der Waals surface area contributed by atoms with Crippen LogP contribution in [0.2, 0.25) is 0 Å². The molecule has 0 saturated carbocycles. The van der Waals surface area contributed by atoms with Crippen molar-refractivity contribution >= 4 is 40.0 Å². The fraction of sp³-hybridized carbons (Fsp3) is 0.333. The van der Waals surface area contributed by atoms with Crippen molar-refractivity contribution < 1.29 is 9.59 Å². The van der Waals surface area contributed by atoms with E-state index in [-0.39, 0.29) is 17.2 Å². The predicted molar refractivity (Wildman–Crippen MR) is 126 cm³/mol. The Morgan fingerprint density at radius 1 is 1.10 bits per heavy atom. The second kappa shape index (κ2) is 9.92. The van der Waals surface area contributed by atoms with Crippen LogP contribution in [0.1, 0.15) is 44.5 Å². The van der Waals surface area contributed by atoms with Crippen molar-refractivity contribution in [2.75, 3.05) is 5.32 Å². The molecule has 3 rings (SSSR count). The van der Waals surface area contributed by atoms with Gasteiger partial charge in [-0.2, -0.15) is 0 Å². The lowest BCUT2D eigenvalue weighted by molar-refractivity contribution is -0.115. The number of aromatic nitrogens is 2. The Bertz CT molecular complexity index is 1170. The van der Waals surface area contributed by atoms with Crippen molar-refractivity contribution in [1.82, 2.24) is 9.55 Å². The molecule has 0 radical (unpaired) electrons. The third-order valence-electron chi connectivity index (χ3n) is 4.94. The maximum absolute atomic E-state index is 13.1. The highest BCUT2D eigenvalue weighted by atomic mass is 32.2. The normalized spacial score (nSPS) is 12.2. The van der Waals surface area contributed by atoms with E-state index >= 15 is 0 Å². The number of para-hydroxylation sites is 1. The van der Waals surface area contributed by atoms with E-state index in [1.54, 1.807) is 41.8 Å². The van der Waals surface area contributed by atoms with Crippen molar-refractivity contribution in [3.63, 3.8) is 0 Å². The summed E-state index contributed by atoms with van der Waals surface area (Å²) in [7, 11) is 0. The molecule has 1 N–H and O–H groups in total. The molecule has 0 aliphatic heterocycles. The highest BCUT2D eigenvalue weighted by Crippen LogP contribution is 2.24. The van der Waals surface area contributed by atoms with Crippen molar-refractivity contribution in [1.29, 1.82) is 0 Å². The maximum Gasteiger partial charge on any atom is 0.262 e. The second-order valence-electron chi connectivity index (χ2n) is 7.94. The Morgan fingerprint density at radius 3 is 2.55 bits per heavy atom. The van der Waals surface area contributed by atoms with Crippen molar-refractivity contribution in [3.05, 3.63) is 64.4 Å². The molecule has 0 saturated heterocycles. The lowest BCUT2D eigenvalue weighted by Gasteiger charge is -2.17. The summed E-state index contributed by atoms with van der Waals surface area (Å²) in [5.74, 6) is 0.155. The third kappa shape index (κ3) is 5.61. The maximum atomic E-state index is 13.1. The van der Waals surface area contributed by atoms with Crippen LogP contribution < -0.4 is 10.9 Å². The molecule has 2 aromatic carbocycles. The van der Waals surface area contributed by atoms with Crippen LogP contribution in [-0.4, -0.2) is 26.5 Å². The number of carbonyl (C=O) groups excluding carboxylic acids is 2. The quantitative estimate of drug-likeness (QED) is 0.312. The fourth-order valence-electron chi connectivity index (χ4n) is 3.09. The van der Waals surface area contributed by atoms with Gasteiger partial charge in [0.05, 0.1) is 16.2 Å². The second-order valence-corrected chi connectivity index (χ2v) is 9.25. The molecule has 0 aliphatic rings. The number of ketones is 1. The zero-order valence-electron chi connectivity index (χ0n) is 18.2. The van der Waals surface area contributed by atoms with Gasteiger partial charge in [0.1, 0.15) is 0 Å². The van der Waals surface area contributed by atoms with Crippen LogP contribution in [0.5, 0.6) is 0 Å². The summed E-state index contributed by atoms with van der Waals surface area (Å²) in [4.78, 5) is 42.1. The van der Waals surface area contributed by atoms with Gasteiger partial charge in [-0.05, 0) is 50.5 Å². The SMILES string of the molecule is CC(=O)c1cccc(NC(=O)C(C)Sc2nc3ccccc3c(=O)n2CCC(C)C)c1. The molecule has 1 unspecified atom stereocenters. The van der Waals surface area contributed by atoms with Gasteiger partial charge in [-0.1, -0.05) is 49.9 Å². The van der Waals surface area contributed by atoms with Gasteiger partial charge in [0.25, 0.3) is 5.56 Å². The van der Waals surface area contributed by atoms with Gasteiger partial charge in [0.15, 0.2) is 10.9 Å². The van der Waals surface area contributed by atoms with Gasteiger partial charge in [0.2, 0.25) is 5.91 Å². The van der Waals surface area contributed by atoms with E-state index < -0.39 is 5.25 Å². The molecule has 0 spiro atoms. The summed E-state index contributed by atoms with van der Waals surface area (Å²) in [6.45, 7) is 8.03. The van der Waals surface area contributed by atoms with E-state index in [0.717, 1.165) is 6.42 Å². The molecule has 6 nitrogen and oxygen atoms in total. The number of nitrogens with one attached hydrogen (secondary N) is 1. The Hall–Kier alpha value is -2.93. The van der Waals surface area contributed by atoms with E-state index in [2.05, 4.69) is 24.1 Å². The molecule has 162 valence electrons. The number of fused-ring (bicyclic) bond motifs is 1. The Balaban J connectivity index is 1.86. The minimum absolute atomic E-state index is 0.0620. The zero-order chi connectivity index (χ0) is 22.5. The smallest absolute Gasteiger partial charge is 0.262 e. The number of thioether (sulfide) groups is 1. The lowest BCUT2D eigenvalue weighted by Crippen LogP contribution is -2.27. The molecule has 0 fully saturated rings. The van der Waals surface area contributed by atoms with E-state index in [4.69, 9.17) is 0 Å². The molecular weight excluding hydrogens is 410 g/mol. The van der Waals surface area contributed by atoms with E-state index in [0.29, 0.717) is 39.8 Å². The molecule has 3 aromatic rings. The van der Waals surface area contributed by atoms with Crippen molar-refractivity contribution in [3.8, 4) is 0 Å². The first kappa shape index (κ1) is 22.7. The number of nitrogens with zero attached hydrogens (tertiary/aromatic N) is 2. The standard InChI is InChI=1S/C24H27N3O3S/c1-15(2)12-13-27-23(30)20-10-5-6-11-21(20)26-24(27)31-17(4)22(29)25-19-9-7-8-18(14-19)16(3)28/h5-11,14-15,17H,12-13H2,1-4H3,(H,25,29). The summed E-state index contributed by atoms with van der Waals surface area (Å²) in [6, 6.07) is 14.1. The summed E-state index contributed by atoms with van der Waals surface area (Å²) >= 11 is 1.26. The molecule has 0 aliphatic carbocycles. The third-order valence-corrected chi connectivity index (χ3v) is 6.03.